The number of ether oxygens (including phenoxy) is 1. The molecule has 0 spiro atoms. The fourth-order valence-corrected chi connectivity index (χ4v) is 5.31. The van der Waals surface area contributed by atoms with Gasteiger partial charge in [0.25, 0.3) is 0 Å². The zero-order valence-electron chi connectivity index (χ0n) is 18.1. The van der Waals surface area contributed by atoms with Crippen molar-refractivity contribution in [2.45, 2.75) is 0 Å². The first kappa shape index (κ1) is 19.4. The van der Waals surface area contributed by atoms with Crippen molar-refractivity contribution in [2.75, 3.05) is 5.32 Å². The van der Waals surface area contributed by atoms with Crippen LogP contribution in [-0.4, -0.2) is 4.57 Å². The van der Waals surface area contributed by atoms with Crippen molar-refractivity contribution in [3.63, 3.8) is 0 Å². The molecule has 0 atom stereocenters. The number of halogens is 1. The summed E-state index contributed by atoms with van der Waals surface area (Å²) in [4.78, 5) is 0. The van der Waals surface area contributed by atoms with Gasteiger partial charge in [0, 0.05) is 20.9 Å². The average Bonchev–Trinajstić information content (AvgIpc) is 3.22. The zero-order valence-corrected chi connectivity index (χ0v) is 19.7. The summed E-state index contributed by atoms with van der Waals surface area (Å²) in [7, 11) is 0. The fraction of sp³-hybridized carbons (Fsp3) is 0. The summed E-state index contributed by atoms with van der Waals surface area (Å²) in [5, 5.41) is 5.97. The van der Waals surface area contributed by atoms with Crippen LogP contribution in [0.2, 0.25) is 0 Å². The van der Waals surface area contributed by atoms with Crippen LogP contribution in [0.15, 0.2) is 114 Å². The molecule has 0 bridgehead atoms. The molecule has 1 aliphatic rings. The van der Waals surface area contributed by atoms with Crippen molar-refractivity contribution < 1.29 is 4.74 Å². The highest BCUT2D eigenvalue weighted by atomic mass is 79.9. The van der Waals surface area contributed by atoms with E-state index in [9.17, 15) is 0 Å². The Balaban J connectivity index is 1.37. The lowest BCUT2D eigenvalue weighted by atomic mass is 10.0. The third kappa shape index (κ3) is 2.96. The Morgan fingerprint density at radius 1 is 0.618 bits per heavy atom. The first-order chi connectivity index (χ1) is 16.8. The van der Waals surface area contributed by atoms with Crippen LogP contribution in [0.4, 0.5) is 11.4 Å². The maximum Gasteiger partial charge on any atom is 0.152 e. The SMILES string of the molecule is Brc1cccc2c1Nc1ccc(-c3ccc4c(c3)c3ccccc3n4-c3ccccc3)cc1O2. The molecule has 0 aliphatic carbocycles. The minimum Gasteiger partial charge on any atom is -0.453 e. The van der Waals surface area contributed by atoms with Crippen LogP contribution >= 0.6 is 15.9 Å². The van der Waals surface area contributed by atoms with E-state index in [4.69, 9.17) is 4.74 Å². The quantitative estimate of drug-likeness (QED) is 0.255. The molecule has 0 fully saturated rings. The molecule has 5 aromatic carbocycles. The summed E-state index contributed by atoms with van der Waals surface area (Å²) in [5.74, 6) is 1.65. The van der Waals surface area contributed by atoms with Gasteiger partial charge in [-0.05, 0) is 81.7 Å². The molecule has 1 aliphatic heterocycles. The van der Waals surface area contributed by atoms with Crippen LogP contribution < -0.4 is 10.1 Å². The van der Waals surface area contributed by atoms with Gasteiger partial charge >= 0.3 is 0 Å². The first-order valence-electron chi connectivity index (χ1n) is 11.2. The zero-order chi connectivity index (χ0) is 22.6. The fourth-order valence-electron chi connectivity index (χ4n) is 4.86. The van der Waals surface area contributed by atoms with E-state index in [1.807, 2.05) is 18.2 Å². The van der Waals surface area contributed by atoms with E-state index in [0.717, 1.165) is 38.5 Å². The van der Waals surface area contributed by atoms with E-state index in [1.54, 1.807) is 0 Å². The Kier molecular flexibility index (Phi) is 4.29. The van der Waals surface area contributed by atoms with Crippen LogP contribution in [-0.2, 0) is 0 Å². The van der Waals surface area contributed by atoms with Gasteiger partial charge in [-0.1, -0.05) is 54.6 Å². The second-order valence-corrected chi connectivity index (χ2v) is 9.33. The number of anilines is 2. The lowest BCUT2D eigenvalue weighted by Gasteiger charge is -2.23. The third-order valence-electron chi connectivity index (χ3n) is 6.46. The van der Waals surface area contributed by atoms with Crippen molar-refractivity contribution in [3.8, 4) is 28.3 Å². The molecule has 0 saturated carbocycles. The van der Waals surface area contributed by atoms with Gasteiger partial charge in [-0.15, -0.1) is 0 Å². The highest BCUT2D eigenvalue weighted by Crippen LogP contribution is 2.46. The van der Waals surface area contributed by atoms with Crippen LogP contribution in [0, 0.1) is 0 Å². The van der Waals surface area contributed by atoms with Gasteiger partial charge in [-0.3, -0.25) is 0 Å². The smallest absolute Gasteiger partial charge is 0.152 e. The molecule has 0 radical (unpaired) electrons. The molecule has 2 heterocycles. The van der Waals surface area contributed by atoms with Gasteiger partial charge in [-0.25, -0.2) is 0 Å². The molecule has 4 heteroatoms. The molecule has 34 heavy (non-hydrogen) atoms. The van der Waals surface area contributed by atoms with Crippen LogP contribution in [0.25, 0.3) is 38.6 Å². The molecule has 162 valence electrons. The summed E-state index contributed by atoms with van der Waals surface area (Å²) in [5.41, 5.74) is 7.78. The number of hydrogen-bond donors (Lipinski definition) is 1. The highest BCUT2D eigenvalue weighted by Gasteiger charge is 2.19. The number of aromatic nitrogens is 1. The molecule has 0 unspecified atom stereocenters. The molecule has 0 amide bonds. The maximum atomic E-state index is 6.24. The van der Waals surface area contributed by atoms with Gasteiger partial charge in [0.15, 0.2) is 11.5 Å². The van der Waals surface area contributed by atoms with Crippen molar-refractivity contribution in [1.82, 2.24) is 4.57 Å². The molecular weight excluding hydrogens is 484 g/mol. The number of para-hydroxylation sites is 3. The number of nitrogens with one attached hydrogen (secondary N) is 1. The number of benzene rings is 5. The summed E-state index contributed by atoms with van der Waals surface area (Å²) >= 11 is 3.60. The van der Waals surface area contributed by atoms with Gasteiger partial charge < -0.3 is 14.6 Å². The van der Waals surface area contributed by atoms with Crippen molar-refractivity contribution in [3.05, 3.63) is 114 Å². The number of rotatable bonds is 2. The largest absolute Gasteiger partial charge is 0.453 e. The minimum atomic E-state index is 0.820. The molecule has 1 aromatic heterocycles. The minimum absolute atomic E-state index is 0.820. The van der Waals surface area contributed by atoms with Crippen LogP contribution in [0.3, 0.4) is 0 Å². The van der Waals surface area contributed by atoms with E-state index in [0.29, 0.717) is 0 Å². The van der Waals surface area contributed by atoms with Crippen LogP contribution in [0.5, 0.6) is 11.5 Å². The standard InChI is InChI=1S/C30H19BrN2O/c31-24-10-6-12-28-30(24)32-25-15-13-20(18-29(25)34-28)19-14-16-27-23(17-19)22-9-4-5-11-26(22)33(27)21-7-2-1-3-8-21/h1-18,32H. The Hall–Kier alpha value is -4.02. The van der Waals surface area contributed by atoms with Crippen molar-refractivity contribution in [1.29, 1.82) is 0 Å². The summed E-state index contributed by atoms with van der Waals surface area (Å²) in [6.45, 7) is 0. The third-order valence-corrected chi connectivity index (χ3v) is 7.12. The molecule has 3 nitrogen and oxygen atoms in total. The Labute approximate surface area is 205 Å². The molecular formula is C30H19BrN2O. The average molecular weight is 503 g/mol. The second-order valence-electron chi connectivity index (χ2n) is 8.47. The Morgan fingerprint density at radius 2 is 1.38 bits per heavy atom. The lowest BCUT2D eigenvalue weighted by molar-refractivity contribution is 0.481. The highest BCUT2D eigenvalue weighted by molar-refractivity contribution is 9.10. The molecule has 6 aromatic rings. The van der Waals surface area contributed by atoms with Crippen molar-refractivity contribution in [2.24, 2.45) is 0 Å². The van der Waals surface area contributed by atoms with Gasteiger partial charge in [0.05, 0.1) is 22.4 Å². The number of hydrogen-bond acceptors (Lipinski definition) is 2. The van der Waals surface area contributed by atoms with E-state index in [1.165, 1.54) is 27.5 Å². The van der Waals surface area contributed by atoms with E-state index in [2.05, 4.69) is 117 Å². The maximum absolute atomic E-state index is 6.24. The van der Waals surface area contributed by atoms with Gasteiger partial charge in [0.2, 0.25) is 0 Å². The number of nitrogens with zero attached hydrogens (tertiary/aromatic N) is 1. The summed E-state index contributed by atoms with van der Waals surface area (Å²) < 4.78 is 9.57. The van der Waals surface area contributed by atoms with Gasteiger partial charge in [-0.2, -0.15) is 0 Å². The van der Waals surface area contributed by atoms with Gasteiger partial charge in [0.1, 0.15) is 0 Å². The second kappa shape index (κ2) is 7.51. The predicted molar refractivity (Wildman–Crippen MR) is 144 cm³/mol. The Morgan fingerprint density at radius 3 is 2.29 bits per heavy atom. The van der Waals surface area contributed by atoms with Crippen LogP contribution in [0.1, 0.15) is 0 Å². The van der Waals surface area contributed by atoms with E-state index < -0.39 is 0 Å². The lowest BCUT2D eigenvalue weighted by Crippen LogP contribution is -2.03. The molecule has 7 rings (SSSR count). The van der Waals surface area contributed by atoms with Crippen molar-refractivity contribution >= 4 is 49.1 Å². The Bertz CT molecular complexity index is 1720. The van der Waals surface area contributed by atoms with E-state index in [-0.39, 0.29) is 0 Å². The monoisotopic (exact) mass is 502 g/mol. The first-order valence-corrected chi connectivity index (χ1v) is 12.0. The number of fused-ring (bicyclic) bond motifs is 5. The molecule has 1 N–H and O–H groups in total. The molecule has 0 saturated heterocycles. The summed E-state index contributed by atoms with van der Waals surface area (Å²) in [6.07, 6.45) is 0. The topological polar surface area (TPSA) is 26.2 Å². The normalized spacial score (nSPS) is 12.1. The predicted octanol–water partition coefficient (Wildman–Crippen LogP) is 9.06. The summed E-state index contributed by atoms with van der Waals surface area (Å²) in [6, 6.07) is 38.2. The van der Waals surface area contributed by atoms with E-state index >= 15 is 0 Å².